The van der Waals surface area contributed by atoms with Crippen LogP contribution in [0.2, 0.25) is 0 Å². The summed E-state index contributed by atoms with van der Waals surface area (Å²) in [4.78, 5) is 0. The number of aryl methyl sites for hydroxylation is 1. The van der Waals surface area contributed by atoms with Crippen molar-refractivity contribution in [2.24, 2.45) is 0 Å². The van der Waals surface area contributed by atoms with Gasteiger partial charge in [0, 0.05) is 17.1 Å². The quantitative estimate of drug-likeness (QED) is 0.898. The SMILES string of the molecule is Cc1cc(C#N)ccc1CN[C@@H](C)c1cccc(Br)c1. The van der Waals surface area contributed by atoms with Crippen molar-refractivity contribution in [3.05, 3.63) is 69.2 Å². The molecule has 1 atom stereocenters. The Hall–Kier alpha value is -1.63. The van der Waals surface area contributed by atoms with Crippen LogP contribution in [0.1, 0.15) is 35.2 Å². The number of nitrogens with zero attached hydrogens (tertiary/aromatic N) is 1. The van der Waals surface area contributed by atoms with Crippen molar-refractivity contribution in [2.75, 3.05) is 0 Å². The van der Waals surface area contributed by atoms with Crippen LogP contribution in [0.25, 0.3) is 0 Å². The van der Waals surface area contributed by atoms with E-state index in [1.165, 1.54) is 11.1 Å². The molecule has 102 valence electrons. The zero-order valence-corrected chi connectivity index (χ0v) is 13.2. The lowest BCUT2D eigenvalue weighted by atomic mass is 10.0. The van der Waals surface area contributed by atoms with Gasteiger partial charge in [-0.05, 0) is 54.8 Å². The first-order valence-electron chi connectivity index (χ1n) is 6.58. The molecule has 0 aromatic heterocycles. The number of nitrogens with one attached hydrogen (secondary N) is 1. The zero-order chi connectivity index (χ0) is 14.5. The molecule has 20 heavy (non-hydrogen) atoms. The van der Waals surface area contributed by atoms with Crippen LogP contribution in [0.4, 0.5) is 0 Å². The first-order valence-corrected chi connectivity index (χ1v) is 7.38. The second-order valence-electron chi connectivity index (χ2n) is 4.91. The number of rotatable bonds is 4. The maximum Gasteiger partial charge on any atom is 0.0991 e. The van der Waals surface area contributed by atoms with Gasteiger partial charge in [-0.15, -0.1) is 0 Å². The van der Waals surface area contributed by atoms with Crippen LogP contribution in [-0.4, -0.2) is 0 Å². The van der Waals surface area contributed by atoms with Gasteiger partial charge in [-0.1, -0.05) is 34.1 Å². The Labute approximate surface area is 128 Å². The fraction of sp³-hybridized carbons (Fsp3) is 0.235. The summed E-state index contributed by atoms with van der Waals surface area (Å²) in [5.41, 5.74) is 4.35. The van der Waals surface area contributed by atoms with Gasteiger partial charge in [-0.3, -0.25) is 0 Å². The van der Waals surface area contributed by atoms with Crippen LogP contribution in [0, 0.1) is 18.3 Å². The summed E-state index contributed by atoms with van der Waals surface area (Å²) in [6.45, 7) is 4.99. The van der Waals surface area contributed by atoms with E-state index in [0.717, 1.165) is 16.6 Å². The first kappa shape index (κ1) is 14.8. The van der Waals surface area contributed by atoms with Crippen molar-refractivity contribution < 1.29 is 0 Å². The van der Waals surface area contributed by atoms with Crippen molar-refractivity contribution in [1.82, 2.24) is 5.32 Å². The van der Waals surface area contributed by atoms with E-state index in [9.17, 15) is 0 Å². The third-order valence-electron chi connectivity index (χ3n) is 3.42. The molecule has 0 unspecified atom stereocenters. The molecule has 3 heteroatoms. The van der Waals surface area contributed by atoms with Crippen molar-refractivity contribution in [3.8, 4) is 6.07 Å². The summed E-state index contributed by atoms with van der Waals surface area (Å²) in [5.74, 6) is 0. The van der Waals surface area contributed by atoms with Gasteiger partial charge >= 0.3 is 0 Å². The van der Waals surface area contributed by atoms with Crippen LogP contribution in [0.5, 0.6) is 0 Å². The van der Waals surface area contributed by atoms with Gasteiger partial charge in [0.1, 0.15) is 0 Å². The molecule has 0 saturated heterocycles. The number of hydrogen-bond acceptors (Lipinski definition) is 2. The Morgan fingerprint density at radius 2 is 2.05 bits per heavy atom. The van der Waals surface area contributed by atoms with Crippen molar-refractivity contribution in [1.29, 1.82) is 5.26 Å². The molecule has 0 saturated carbocycles. The fourth-order valence-corrected chi connectivity index (χ4v) is 2.54. The monoisotopic (exact) mass is 328 g/mol. The highest BCUT2D eigenvalue weighted by atomic mass is 79.9. The molecule has 0 heterocycles. The van der Waals surface area contributed by atoms with Crippen LogP contribution in [0.15, 0.2) is 46.9 Å². The zero-order valence-electron chi connectivity index (χ0n) is 11.7. The van der Waals surface area contributed by atoms with Crippen LogP contribution < -0.4 is 5.32 Å². The number of hydrogen-bond donors (Lipinski definition) is 1. The molecule has 0 bridgehead atoms. The lowest BCUT2D eigenvalue weighted by molar-refractivity contribution is 0.573. The highest BCUT2D eigenvalue weighted by Crippen LogP contribution is 2.19. The number of benzene rings is 2. The predicted molar refractivity (Wildman–Crippen MR) is 85.3 cm³/mol. The van der Waals surface area contributed by atoms with E-state index in [4.69, 9.17) is 5.26 Å². The molecule has 0 aliphatic rings. The van der Waals surface area contributed by atoms with Crippen LogP contribution in [0.3, 0.4) is 0 Å². The highest BCUT2D eigenvalue weighted by Gasteiger charge is 2.06. The van der Waals surface area contributed by atoms with Gasteiger partial charge in [0.15, 0.2) is 0 Å². The average Bonchev–Trinajstić information content (AvgIpc) is 2.45. The minimum absolute atomic E-state index is 0.280. The van der Waals surface area contributed by atoms with Gasteiger partial charge in [0.05, 0.1) is 11.6 Å². The summed E-state index contributed by atoms with van der Waals surface area (Å²) in [6.07, 6.45) is 0. The Morgan fingerprint density at radius 3 is 2.70 bits per heavy atom. The molecule has 0 aliphatic heterocycles. The summed E-state index contributed by atoms with van der Waals surface area (Å²) in [5, 5.41) is 12.4. The van der Waals surface area contributed by atoms with E-state index in [2.05, 4.69) is 46.4 Å². The van der Waals surface area contributed by atoms with Crippen LogP contribution >= 0.6 is 15.9 Å². The average molecular weight is 329 g/mol. The van der Waals surface area contributed by atoms with Crippen LogP contribution in [-0.2, 0) is 6.54 Å². The molecule has 0 radical (unpaired) electrons. The molecule has 2 rings (SSSR count). The summed E-state index contributed by atoms with van der Waals surface area (Å²) in [6, 6.07) is 16.6. The van der Waals surface area contributed by atoms with Gasteiger partial charge in [-0.25, -0.2) is 0 Å². The predicted octanol–water partition coefficient (Wildman–Crippen LogP) is 4.48. The molecule has 0 amide bonds. The van der Waals surface area contributed by atoms with Gasteiger partial charge in [0.2, 0.25) is 0 Å². The van der Waals surface area contributed by atoms with Crippen molar-refractivity contribution in [3.63, 3.8) is 0 Å². The Kier molecular flexibility index (Phi) is 4.94. The van der Waals surface area contributed by atoms with Gasteiger partial charge < -0.3 is 5.32 Å². The highest BCUT2D eigenvalue weighted by molar-refractivity contribution is 9.10. The normalized spacial score (nSPS) is 11.9. The molecule has 2 nitrogen and oxygen atoms in total. The van der Waals surface area contributed by atoms with E-state index in [1.807, 2.05) is 37.3 Å². The molecule has 2 aromatic carbocycles. The Bertz CT molecular complexity index is 644. The smallest absolute Gasteiger partial charge is 0.0991 e. The van der Waals surface area contributed by atoms with E-state index < -0.39 is 0 Å². The summed E-state index contributed by atoms with van der Waals surface area (Å²) >= 11 is 3.50. The van der Waals surface area contributed by atoms with E-state index in [-0.39, 0.29) is 6.04 Å². The number of nitriles is 1. The first-order chi connectivity index (χ1) is 9.60. The minimum atomic E-state index is 0.280. The largest absolute Gasteiger partial charge is 0.306 e. The van der Waals surface area contributed by atoms with Crippen molar-refractivity contribution >= 4 is 15.9 Å². The van der Waals surface area contributed by atoms with E-state index in [0.29, 0.717) is 5.56 Å². The standard InChI is InChI=1S/C17H17BrN2/c1-12-8-14(10-19)6-7-16(12)11-20-13(2)15-4-3-5-17(18)9-15/h3-9,13,20H,11H2,1-2H3/t13-/m0/s1. The topological polar surface area (TPSA) is 35.8 Å². The molecular formula is C17H17BrN2. The number of halogens is 1. The van der Waals surface area contributed by atoms with Crippen molar-refractivity contribution in [2.45, 2.75) is 26.4 Å². The van der Waals surface area contributed by atoms with E-state index in [1.54, 1.807) is 0 Å². The lowest BCUT2D eigenvalue weighted by Crippen LogP contribution is -2.18. The minimum Gasteiger partial charge on any atom is -0.306 e. The second-order valence-corrected chi connectivity index (χ2v) is 5.83. The van der Waals surface area contributed by atoms with Gasteiger partial charge in [-0.2, -0.15) is 5.26 Å². The fourth-order valence-electron chi connectivity index (χ4n) is 2.12. The second kappa shape index (κ2) is 6.69. The molecule has 0 fully saturated rings. The third-order valence-corrected chi connectivity index (χ3v) is 3.91. The molecule has 2 aromatic rings. The maximum absolute atomic E-state index is 8.88. The third kappa shape index (κ3) is 3.69. The molecule has 0 spiro atoms. The van der Waals surface area contributed by atoms with Gasteiger partial charge in [0.25, 0.3) is 0 Å². The maximum atomic E-state index is 8.88. The molecular weight excluding hydrogens is 312 g/mol. The lowest BCUT2D eigenvalue weighted by Gasteiger charge is -2.16. The Balaban J connectivity index is 2.04. The summed E-state index contributed by atoms with van der Waals surface area (Å²) < 4.78 is 1.10. The summed E-state index contributed by atoms with van der Waals surface area (Å²) in [7, 11) is 0. The molecule has 1 N–H and O–H groups in total. The van der Waals surface area contributed by atoms with E-state index >= 15 is 0 Å². The molecule has 0 aliphatic carbocycles. The Morgan fingerprint density at radius 1 is 1.25 bits per heavy atom.